The van der Waals surface area contributed by atoms with Gasteiger partial charge in [0.2, 0.25) is 0 Å². The van der Waals surface area contributed by atoms with Crippen molar-refractivity contribution < 1.29 is 0 Å². The van der Waals surface area contributed by atoms with E-state index in [9.17, 15) is 0 Å². The van der Waals surface area contributed by atoms with E-state index in [-0.39, 0.29) is 28.4 Å². The van der Waals surface area contributed by atoms with Crippen molar-refractivity contribution in [3.8, 4) is 22.3 Å². The molecule has 0 unspecified atom stereocenters. The van der Waals surface area contributed by atoms with Gasteiger partial charge in [0.1, 0.15) is 0 Å². The largest absolute Gasteiger partial charge is 0.311 e. The molecule has 0 aliphatic carbocycles. The molecule has 67 heavy (non-hydrogen) atoms. The number of hydrogen-bond acceptors (Lipinski definition) is 2. The van der Waals surface area contributed by atoms with Gasteiger partial charge in [-0.1, -0.05) is 161 Å². The number of aryl methyl sites for hydroxylation is 6. The Bertz CT molecular complexity index is 3010. The van der Waals surface area contributed by atoms with E-state index in [0.29, 0.717) is 0 Å². The number of nitrogens with zero attached hydrogens (tertiary/aromatic N) is 2. The first-order valence-corrected chi connectivity index (χ1v) is 24.7. The summed E-state index contributed by atoms with van der Waals surface area (Å²) in [5.41, 5.74) is 29.6. The Labute approximate surface area is 404 Å². The van der Waals surface area contributed by atoms with Crippen LogP contribution in [0.5, 0.6) is 0 Å². The lowest BCUT2D eigenvalue weighted by Crippen LogP contribution is -2.61. The normalized spacial score (nSPS) is 13.7. The van der Waals surface area contributed by atoms with Crippen molar-refractivity contribution in [2.24, 2.45) is 0 Å². The third-order valence-corrected chi connectivity index (χ3v) is 14.7. The molecule has 2 aliphatic rings. The maximum atomic E-state index is 2.65. The molecule has 0 saturated carbocycles. The van der Waals surface area contributed by atoms with Gasteiger partial charge >= 0.3 is 0 Å². The van der Waals surface area contributed by atoms with Gasteiger partial charge in [0.05, 0.1) is 0 Å². The lowest BCUT2D eigenvalue weighted by atomic mass is 9.33. The maximum Gasteiger partial charge on any atom is 0.252 e. The van der Waals surface area contributed by atoms with Crippen LogP contribution in [0.4, 0.5) is 34.1 Å². The predicted octanol–water partition coefficient (Wildman–Crippen LogP) is 16.1. The van der Waals surface area contributed by atoms with Gasteiger partial charge in [0.15, 0.2) is 0 Å². The summed E-state index contributed by atoms with van der Waals surface area (Å²) in [6.07, 6.45) is 0. The summed E-state index contributed by atoms with van der Waals surface area (Å²) in [7, 11) is 0. The van der Waals surface area contributed by atoms with Crippen molar-refractivity contribution in [2.45, 2.75) is 146 Å². The first kappa shape index (κ1) is 46.3. The van der Waals surface area contributed by atoms with Gasteiger partial charge < -0.3 is 9.80 Å². The van der Waals surface area contributed by atoms with Crippen molar-refractivity contribution in [3.63, 3.8) is 0 Å². The third-order valence-electron chi connectivity index (χ3n) is 14.7. The zero-order chi connectivity index (χ0) is 48.4. The van der Waals surface area contributed by atoms with Crippen LogP contribution in [-0.2, 0) is 21.7 Å². The van der Waals surface area contributed by atoms with Crippen molar-refractivity contribution in [2.75, 3.05) is 9.80 Å². The SMILES string of the molecule is Cc1cc(C)c(-c2ccc3c(c2)B2c4ccccc4N(c4cc(C(C)(C)C)cc(C(C)(C)C)c4)c4cc(-c5c(C)cc(C)cc5C)cc(c42)N3c2cc(C(C)(C)C)cc(C(C)(C)C)c2)c(C)c1. The quantitative estimate of drug-likeness (QED) is 0.163. The molecule has 2 heterocycles. The minimum Gasteiger partial charge on any atom is -0.311 e. The molecule has 0 radical (unpaired) electrons. The van der Waals surface area contributed by atoms with Gasteiger partial charge in [-0.05, 0) is 195 Å². The first-order valence-electron chi connectivity index (χ1n) is 24.7. The molecule has 0 N–H and O–H groups in total. The highest BCUT2D eigenvalue weighted by Crippen LogP contribution is 2.49. The molecule has 0 aromatic heterocycles. The summed E-state index contributed by atoms with van der Waals surface area (Å²) in [6, 6.07) is 46.0. The molecule has 0 spiro atoms. The van der Waals surface area contributed by atoms with E-state index in [2.05, 4.69) is 250 Å². The molecule has 9 rings (SSSR count). The number of rotatable bonds is 4. The summed E-state index contributed by atoms with van der Waals surface area (Å²) >= 11 is 0. The number of anilines is 6. The molecule has 7 aromatic rings. The van der Waals surface area contributed by atoms with E-state index in [1.807, 2.05) is 0 Å². The van der Waals surface area contributed by atoms with E-state index in [0.717, 1.165) is 0 Å². The highest BCUT2D eigenvalue weighted by Gasteiger charge is 2.44. The second-order valence-corrected chi connectivity index (χ2v) is 24.4. The average molecular weight is 881 g/mol. The molecule has 342 valence electrons. The monoisotopic (exact) mass is 881 g/mol. The molecule has 0 bridgehead atoms. The molecular weight excluding hydrogens is 808 g/mol. The highest BCUT2D eigenvalue weighted by molar-refractivity contribution is 7.00. The smallest absolute Gasteiger partial charge is 0.252 e. The van der Waals surface area contributed by atoms with Crippen LogP contribution < -0.4 is 26.2 Å². The van der Waals surface area contributed by atoms with Gasteiger partial charge in [-0.3, -0.25) is 0 Å². The summed E-state index contributed by atoms with van der Waals surface area (Å²) in [6.45, 7) is 41.8. The van der Waals surface area contributed by atoms with Crippen LogP contribution in [0.1, 0.15) is 139 Å². The predicted molar refractivity (Wildman–Crippen MR) is 295 cm³/mol. The number of benzene rings is 7. The van der Waals surface area contributed by atoms with Crippen molar-refractivity contribution >= 4 is 57.2 Å². The topological polar surface area (TPSA) is 6.48 Å². The van der Waals surface area contributed by atoms with Gasteiger partial charge in [-0.25, -0.2) is 0 Å². The van der Waals surface area contributed by atoms with Crippen molar-refractivity contribution in [3.05, 3.63) is 171 Å². The fourth-order valence-corrected chi connectivity index (χ4v) is 11.3. The van der Waals surface area contributed by atoms with E-state index < -0.39 is 0 Å². The molecule has 0 amide bonds. The molecular formula is C64H73BN2. The zero-order valence-electron chi connectivity index (χ0n) is 43.9. The lowest BCUT2D eigenvalue weighted by molar-refractivity contribution is 0.568. The Morgan fingerprint density at radius 3 is 1.12 bits per heavy atom. The van der Waals surface area contributed by atoms with Gasteiger partial charge in [0.25, 0.3) is 6.71 Å². The number of para-hydroxylation sites is 1. The Morgan fingerprint density at radius 1 is 0.343 bits per heavy atom. The maximum absolute atomic E-state index is 2.65. The number of fused-ring (bicyclic) bond motifs is 4. The standard InChI is InChI=1S/C64H73BN2/c1-38-25-40(3)58(41(4)26-38)44-23-24-55-53(29-44)65-52-21-19-20-22-54(52)66(50-34-46(61(7,8)9)32-47(35-50)62(10,11)12)56-30-45(59-42(5)27-39(2)28-43(59)6)31-57(60(56)65)67(55)51-36-48(63(13,14)15)33-49(37-51)64(16,17)18/h19-37H,1-18H3. The van der Waals surface area contributed by atoms with Crippen LogP contribution in [0.3, 0.4) is 0 Å². The Hall–Kier alpha value is -5.80. The minimum absolute atomic E-state index is 0.00950. The van der Waals surface area contributed by atoms with Gasteiger partial charge in [-0.15, -0.1) is 0 Å². The summed E-state index contributed by atoms with van der Waals surface area (Å²) in [4.78, 5) is 5.28. The fraction of sp³-hybridized carbons (Fsp3) is 0.344. The van der Waals surface area contributed by atoms with Crippen LogP contribution in [0.15, 0.2) is 115 Å². The molecule has 3 heteroatoms. The fourth-order valence-electron chi connectivity index (χ4n) is 11.3. The summed E-state index contributed by atoms with van der Waals surface area (Å²) < 4.78 is 0. The van der Waals surface area contributed by atoms with Crippen LogP contribution in [-0.4, -0.2) is 6.71 Å². The molecule has 7 aromatic carbocycles. The Morgan fingerprint density at radius 2 is 0.716 bits per heavy atom. The van der Waals surface area contributed by atoms with E-state index in [1.165, 1.54) is 128 Å². The lowest BCUT2D eigenvalue weighted by Gasteiger charge is -2.45. The first-order chi connectivity index (χ1) is 31.2. The van der Waals surface area contributed by atoms with Gasteiger partial charge in [0, 0.05) is 34.1 Å². The summed E-state index contributed by atoms with van der Waals surface area (Å²) in [5, 5.41) is 0. The van der Waals surface area contributed by atoms with Gasteiger partial charge in [-0.2, -0.15) is 0 Å². The average Bonchev–Trinajstić information content (AvgIpc) is 3.21. The molecule has 0 atom stereocenters. The molecule has 2 nitrogen and oxygen atoms in total. The Kier molecular flexibility index (Phi) is 11.0. The summed E-state index contributed by atoms with van der Waals surface area (Å²) in [5.74, 6) is 0. The molecule has 2 aliphatic heterocycles. The molecule has 0 saturated heterocycles. The zero-order valence-corrected chi connectivity index (χ0v) is 43.9. The van der Waals surface area contributed by atoms with Crippen LogP contribution >= 0.6 is 0 Å². The van der Waals surface area contributed by atoms with Crippen molar-refractivity contribution in [1.82, 2.24) is 0 Å². The highest BCUT2D eigenvalue weighted by atomic mass is 15.2. The van der Waals surface area contributed by atoms with E-state index >= 15 is 0 Å². The number of hydrogen-bond donors (Lipinski definition) is 0. The second kappa shape index (κ2) is 15.9. The second-order valence-electron chi connectivity index (χ2n) is 24.4. The van der Waals surface area contributed by atoms with Crippen LogP contribution in [0.2, 0.25) is 0 Å². The van der Waals surface area contributed by atoms with Crippen LogP contribution in [0, 0.1) is 41.5 Å². The van der Waals surface area contributed by atoms with Crippen molar-refractivity contribution in [1.29, 1.82) is 0 Å². The minimum atomic E-state index is -0.0581. The molecule has 0 fully saturated rings. The van der Waals surface area contributed by atoms with Crippen LogP contribution in [0.25, 0.3) is 22.3 Å². The van der Waals surface area contributed by atoms with E-state index in [1.54, 1.807) is 0 Å². The third kappa shape index (κ3) is 8.15. The van der Waals surface area contributed by atoms with E-state index in [4.69, 9.17) is 0 Å². The Balaban J connectivity index is 1.47.